The first kappa shape index (κ1) is 7.80. The highest BCUT2D eigenvalue weighted by atomic mass is 16.3. The molecule has 1 rings (SSSR count). The fourth-order valence-electron chi connectivity index (χ4n) is 1.54. The van der Waals surface area contributed by atoms with E-state index in [0.717, 1.165) is 6.42 Å². The lowest BCUT2D eigenvalue weighted by molar-refractivity contribution is 0.217. The van der Waals surface area contributed by atoms with Crippen molar-refractivity contribution < 1.29 is 5.11 Å². The molecule has 0 heterocycles. The minimum Gasteiger partial charge on any atom is -0.396 e. The van der Waals surface area contributed by atoms with E-state index in [2.05, 4.69) is 19.1 Å². The van der Waals surface area contributed by atoms with Gasteiger partial charge in [0, 0.05) is 6.61 Å². The summed E-state index contributed by atoms with van der Waals surface area (Å²) in [5, 5.41) is 8.75. The molecule has 0 aromatic heterocycles. The highest BCUT2D eigenvalue weighted by Gasteiger charge is 2.21. The van der Waals surface area contributed by atoms with Crippen LogP contribution < -0.4 is 0 Å². The van der Waals surface area contributed by atoms with Crippen LogP contribution in [0.1, 0.15) is 32.6 Å². The first-order valence-corrected chi connectivity index (χ1v) is 4.05. The Balaban J connectivity index is 2.48. The van der Waals surface area contributed by atoms with Crippen LogP contribution in [0.2, 0.25) is 0 Å². The number of aliphatic hydroxyl groups is 1. The zero-order valence-corrected chi connectivity index (χ0v) is 6.64. The van der Waals surface area contributed by atoms with Gasteiger partial charge in [0.25, 0.3) is 0 Å². The average molecular weight is 140 g/mol. The normalized spacial score (nSPS) is 32.6. The molecule has 0 aromatic carbocycles. The van der Waals surface area contributed by atoms with E-state index < -0.39 is 0 Å². The lowest BCUT2D eigenvalue weighted by Gasteiger charge is -2.27. The van der Waals surface area contributed by atoms with Gasteiger partial charge in [-0.25, -0.2) is 0 Å². The molecule has 1 N–H and O–H groups in total. The number of allylic oxidation sites excluding steroid dienone is 2. The third-order valence-electron chi connectivity index (χ3n) is 2.32. The molecule has 1 aliphatic carbocycles. The van der Waals surface area contributed by atoms with Crippen molar-refractivity contribution >= 4 is 0 Å². The second-order valence-corrected chi connectivity index (χ2v) is 3.42. The largest absolute Gasteiger partial charge is 0.396 e. The second-order valence-electron chi connectivity index (χ2n) is 3.42. The monoisotopic (exact) mass is 140 g/mol. The summed E-state index contributed by atoms with van der Waals surface area (Å²) in [5.74, 6) is 0. The summed E-state index contributed by atoms with van der Waals surface area (Å²) in [7, 11) is 0. The number of hydrogen-bond donors (Lipinski definition) is 1. The van der Waals surface area contributed by atoms with Gasteiger partial charge in [0.2, 0.25) is 0 Å². The predicted molar refractivity (Wildman–Crippen MR) is 42.8 cm³/mol. The maximum absolute atomic E-state index is 8.75. The van der Waals surface area contributed by atoms with Crippen molar-refractivity contribution in [3.63, 3.8) is 0 Å². The molecule has 0 aromatic rings. The summed E-state index contributed by atoms with van der Waals surface area (Å²) in [5.41, 5.74) is 0.299. The van der Waals surface area contributed by atoms with Crippen molar-refractivity contribution in [2.24, 2.45) is 5.41 Å². The zero-order chi connectivity index (χ0) is 7.45. The number of aliphatic hydroxyl groups excluding tert-OH is 1. The molecule has 0 bridgehead atoms. The molecule has 1 nitrogen and oxygen atoms in total. The third kappa shape index (κ3) is 1.84. The number of rotatable bonds is 2. The molecule has 0 fully saturated rings. The second kappa shape index (κ2) is 3.20. The van der Waals surface area contributed by atoms with Gasteiger partial charge in [-0.15, -0.1) is 0 Å². The minimum absolute atomic E-state index is 0.299. The first-order valence-electron chi connectivity index (χ1n) is 4.05. The SMILES string of the molecule is C[C@]1(CCO)C=CCCC1. The van der Waals surface area contributed by atoms with Gasteiger partial charge in [0.05, 0.1) is 0 Å². The van der Waals surface area contributed by atoms with Gasteiger partial charge in [0.1, 0.15) is 0 Å². The topological polar surface area (TPSA) is 20.2 Å². The maximum atomic E-state index is 8.75. The van der Waals surface area contributed by atoms with E-state index in [4.69, 9.17) is 5.11 Å². The van der Waals surface area contributed by atoms with Crippen molar-refractivity contribution in [2.45, 2.75) is 32.6 Å². The molecule has 1 aliphatic rings. The Morgan fingerprint density at radius 2 is 2.40 bits per heavy atom. The van der Waals surface area contributed by atoms with Crippen molar-refractivity contribution in [1.82, 2.24) is 0 Å². The summed E-state index contributed by atoms with van der Waals surface area (Å²) in [6, 6.07) is 0. The van der Waals surface area contributed by atoms with Crippen molar-refractivity contribution in [3.8, 4) is 0 Å². The van der Waals surface area contributed by atoms with Crippen LogP contribution in [0.4, 0.5) is 0 Å². The van der Waals surface area contributed by atoms with E-state index >= 15 is 0 Å². The standard InChI is InChI=1S/C9H16O/c1-9(7-8-10)5-3-2-4-6-9/h3,5,10H,2,4,6-8H2,1H3/t9-/m0/s1. The molecule has 0 amide bonds. The Morgan fingerprint density at radius 1 is 1.60 bits per heavy atom. The van der Waals surface area contributed by atoms with Crippen LogP contribution in [0.5, 0.6) is 0 Å². The van der Waals surface area contributed by atoms with Crippen molar-refractivity contribution in [3.05, 3.63) is 12.2 Å². The Bertz CT molecular complexity index is 129. The smallest absolute Gasteiger partial charge is 0.0439 e. The lowest BCUT2D eigenvalue weighted by atomic mass is 9.78. The third-order valence-corrected chi connectivity index (χ3v) is 2.32. The van der Waals surface area contributed by atoms with Crippen LogP contribution in [0.15, 0.2) is 12.2 Å². The molecule has 0 radical (unpaired) electrons. The molecule has 0 aliphatic heterocycles. The van der Waals surface area contributed by atoms with Gasteiger partial charge in [0.15, 0.2) is 0 Å². The molecule has 58 valence electrons. The van der Waals surface area contributed by atoms with Crippen molar-refractivity contribution in [1.29, 1.82) is 0 Å². The van der Waals surface area contributed by atoms with Crippen LogP contribution in [-0.4, -0.2) is 11.7 Å². The molecule has 0 saturated carbocycles. The van der Waals surface area contributed by atoms with E-state index in [9.17, 15) is 0 Å². The van der Waals surface area contributed by atoms with E-state index in [1.807, 2.05) is 0 Å². The van der Waals surface area contributed by atoms with Crippen LogP contribution in [-0.2, 0) is 0 Å². The van der Waals surface area contributed by atoms with Crippen LogP contribution in [0, 0.1) is 5.41 Å². The van der Waals surface area contributed by atoms with E-state index in [1.165, 1.54) is 19.3 Å². The zero-order valence-electron chi connectivity index (χ0n) is 6.64. The molecule has 1 atom stereocenters. The summed E-state index contributed by atoms with van der Waals surface area (Å²) in [4.78, 5) is 0. The average Bonchev–Trinajstić information content (AvgIpc) is 1.89. The Labute approximate surface area is 62.8 Å². The van der Waals surface area contributed by atoms with Gasteiger partial charge >= 0.3 is 0 Å². The predicted octanol–water partition coefficient (Wildman–Crippen LogP) is 2.12. The van der Waals surface area contributed by atoms with Crippen LogP contribution >= 0.6 is 0 Å². The molecule has 0 unspecified atom stereocenters. The molecular weight excluding hydrogens is 124 g/mol. The van der Waals surface area contributed by atoms with Gasteiger partial charge < -0.3 is 5.11 Å². The first-order chi connectivity index (χ1) is 4.77. The highest BCUT2D eigenvalue weighted by molar-refractivity contribution is 5.00. The van der Waals surface area contributed by atoms with Gasteiger partial charge in [-0.3, -0.25) is 0 Å². The lowest BCUT2D eigenvalue weighted by Crippen LogP contribution is -2.17. The fourth-order valence-corrected chi connectivity index (χ4v) is 1.54. The quantitative estimate of drug-likeness (QED) is 0.582. The van der Waals surface area contributed by atoms with Gasteiger partial charge in [-0.05, 0) is 31.1 Å². The Hall–Kier alpha value is -0.300. The Kier molecular flexibility index (Phi) is 2.50. The van der Waals surface area contributed by atoms with E-state index in [1.54, 1.807) is 0 Å². The fraction of sp³-hybridized carbons (Fsp3) is 0.778. The maximum Gasteiger partial charge on any atom is 0.0439 e. The van der Waals surface area contributed by atoms with Crippen molar-refractivity contribution in [2.75, 3.05) is 6.61 Å². The highest BCUT2D eigenvalue weighted by Crippen LogP contribution is 2.33. The molecule has 0 saturated heterocycles. The van der Waals surface area contributed by atoms with E-state index in [-0.39, 0.29) is 0 Å². The minimum atomic E-state index is 0.299. The van der Waals surface area contributed by atoms with Gasteiger partial charge in [-0.2, -0.15) is 0 Å². The molecular formula is C9H16O. The van der Waals surface area contributed by atoms with Crippen LogP contribution in [0.3, 0.4) is 0 Å². The summed E-state index contributed by atoms with van der Waals surface area (Å²) >= 11 is 0. The van der Waals surface area contributed by atoms with E-state index in [0.29, 0.717) is 12.0 Å². The molecule has 10 heavy (non-hydrogen) atoms. The molecule has 0 spiro atoms. The number of hydrogen-bond acceptors (Lipinski definition) is 1. The summed E-state index contributed by atoms with van der Waals surface area (Å²) in [6.45, 7) is 2.54. The van der Waals surface area contributed by atoms with Crippen LogP contribution in [0.25, 0.3) is 0 Å². The van der Waals surface area contributed by atoms with Gasteiger partial charge in [-0.1, -0.05) is 19.1 Å². The Morgan fingerprint density at radius 3 is 2.90 bits per heavy atom. The summed E-state index contributed by atoms with van der Waals surface area (Å²) < 4.78 is 0. The summed E-state index contributed by atoms with van der Waals surface area (Å²) in [6.07, 6.45) is 9.16. The molecule has 1 heteroatoms.